The lowest BCUT2D eigenvalue weighted by molar-refractivity contribution is 0.565. The maximum absolute atomic E-state index is 5.87. The van der Waals surface area contributed by atoms with Crippen LogP contribution in [0, 0.1) is 27.7 Å². The van der Waals surface area contributed by atoms with Gasteiger partial charge in [-0.05, 0) is 93.0 Å². The lowest BCUT2D eigenvalue weighted by Crippen LogP contribution is -2.29. The molecule has 0 radical (unpaired) electrons. The lowest BCUT2D eigenvalue weighted by atomic mass is 9.96. The Labute approximate surface area is 200 Å². The topological polar surface area (TPSA) is 33.1 Å². The molecule has 4 aromatic rings. The third-order valence-electron chi connectivity index (χ3n) is 6.53. The molecule has 1 aliphatic heterocycles. The predicted molar refractivity (Wildman–Crippen MR) is 139 cm³/mol. The first-order valence-electron chi connectivity index (χ1n) is 11.3. The summed E-state index contributed by atoms with van der Waals surface area (Å²) in [5, 5.41) is 4.29. The quantitative estimate of drug-likeness (QED) is 0.369. The summed E-state index contributed by atoms with van der Waals surface area (Å²) in [7, 11) is 0. The summed E-state index contributed by atoms with van der Waals surface area (Å²) in [4.78, 5) is 6.93. The highest BCUT2D eigenvalue weighted by atomic mass is 32.1. The van der Waals surface area contributed by atoms with E-state index >= 15 is 0 Å². The number of nitrogens with one attached hydrogen (secondary N) is 1. The van der Waals surface area contributed by atoms with E-state index in [0.717, 1.165) is 16.5 Å². The summed E-state index contributed by atoms with van der Waals surface area (Å²) in [6.45, 7) is 8.71. The van der Waals surface area contributed by atoms with E-state index in [1.165, 1.54) is 33.8 Å². The Morgan fingerprint density at radius 3 is 2.36 bits per heavy atom. The highest BCUT2D eigenvalue weighted by molar-refractivity contribution is 7.80. The van der Waals surface area contributed by atoms with Crippen molar-refractivity contribution in [3.8, 4) is 5.69 Å². The molecule has 2 atom stereocenters. The van der Waals surface area contributed by atoms with E-state index < -0.39 is 0 Å². The maximum atomic E-state index is 5.87. The van der Waals surface area contributed by atoms with Gasteiger partial charge in [0.1, 0.15) is 0 Å². The molecular weight excluding hydrogens is 424 g/mol. The molecule has 0 saturated carbocycles. The van der Waals surface area contributed by atoms with Gasteiger partial charge in [0.15, 0.2) is 5.11 Å². The van der Waals surface area contributed by atoms with Crippen LogP contribution in [0.1, 0.15) is 45.9 Å². The van der Waals surface area contributed by atoms with Crippen molar-refractivity contribution in [1.82, 2.24) is 14.9 Å². The van der Waals surface area contributed by atoms with Crippen LogP contribution in [0.5, 0.6) is 0 Å². The fourth-order valence-electron chi connectivity index (χ4n) is 4.96. The Balaban J connectivity index is 1.70. The summed E-state index contributed by atoms with van der Waals surface area (Å²) in [6.07, 6.45) is 1.85. The fourth-order valence-corrected chi connectivity index (χ4v) is 5.30. The zero-order chi connectivity index (χ0) is 23.1. The highest BCUT2D eigenvalue weighted by Gasteiger charge is 2.42. The second-order valence-electron chi connectivity index (χ2n) is 8.78. The molecule has 1 aliphatic rings. The van der Waals surface area contributed by atoms with Crippen molar-refractivity contribution in [2.75, 3.05) is 4.90 Å². The normalized spacial score (nSPS) is 17.9. The minimum absolute atomic E-state index is 0.0140. The van der Waals surface area contributed by atoms with Crippen LogP contribution in [-0.2, 0) is 0 Å². The van der Waals surface area contributed by atoms with Gasteiger partial charge in [-0.25, -0.2) is 0 Å². The molecule has 33 heavy (non-hydrogen) atoms. The second-order valence-corrected chi connectivity index (χ2v) is 9.17. The summed E-state index contributed by atoms with van der Waals surface area (Å²) in [6, 6.07) is 25.3. The first-order chi connectivity index (χ1) is 16.0. The molecule has 1 saturated heterocycles. The van der Waals surface area contributed by atoms with Crippen LogP contribution in [0.2, 0.25) is 0 Å². The van der Waals surface area contributed by atoms with E-state index in [1.54, 1.807) is 0 Å². The van der Waals surface area contributed by atoms with E-state index in [4.69, 9.17) is 12.2 Å². The SMILES string of the molecule is Cc1ccc(C)c(-n2c(C)cc([C@H]3[C@@H](c4ccccn4)NC(=S)N3c3ccccc3)c2C)c1. The Morgan fingerprint density at radius 1 is 0.879 bits per heavy atom. The van der Waals surface area contributed by atoms with Crippen molar-refractivity contribution in [2.45, 2.75) is 39.8 Å². The van der Waals surface area contributed by atoms with Crippen LogP contribution < -0.4 is 10.2 Å². The van der Waals surface area contributed by atoms with Crippen LogP contribution in [0.25, 0.3) is 5.69 Å². The molecule has 1 fully saturated rings. The lowest BCUT2D eigenvalue weighted by Gasteiger charge is -2.28. The van der Waals surface area contributed by atoms with Gasteiger partial charge in [-0.3, -0.25) is 4.98 Å². The molecule has 0 amide bonds. The zero-order valence-corrected chi connectivity index (χ0v) is 20.2. The summed E-state index contributed by atoms with van der Waals surface area (Å²) in [5.74, 6) is 0. The molecule has 0 bridgehead atoms. The van der Waals surface area contributed by atoms with E-state index in [0.29, 0.717) is 0 Å². The average molecular weight is 453 g/mol. The number of aryl methyl sites for hydroxylation is 3. The number of hydrogen-bond donors (Lipinski definition) is 1. The molecule has 1 N–H and O–H groups in total. The van der Waals surface area contributed by atoms with Gasteiger partial charge in [0.25, 0.3) is 0 Å². The van der Waals surface area contributed by atoms with Crippen molar-refractivity contribution < 1.29 is 0 Å². The van der Waals surface area contributed by atoms with Crippen LogP contribution in [0.15, 0.2) is 79.0 Å². The number of aromatic nitrogens is 2. The number of anilines is 1. The minimum Gasteiger partial charge on any atom is -0.351 e. The molecular formula is C28H28N4S. The number of thiocarbonyl (C=S) groups is 1. The van der Waals surface area contributed by atoms with Crippen molar-refractivity contribution in [3.05, 3.63) is 113 Å². The molecule has 5 heteroatoms. The van der Waals surface area contributed by atoms with Crippen molar-refractivity contribution >= 4 is 23.0 Å². The third kappa shape index (κ3) is 3.72. The number of nitrogens with zero attached hydrogens (tertiary/aromatic N) is 3. The number of pyridine rings is 1. The molecule has 166 valence electrons. The van der Waals surface area contributed by atoms with Gasteiger partial charge in [-0.1, -0.05) is 36.4 Å². The van der Waals surface area contributed by atoms with Gasteiger partial charge >= 0.3 is 0 Å². The molecule has 2 aromatic heterocycles. The van der Waals surface area contributed by atoms with Crippen molar-refractivity contribution in [1.29, 1.82) is 0 Å². The molecule has 0 unspecified atom stereocenters. The number of benzene rings is 2. The zero-order valence-electron chi connectivity index (χ0n) is 19.4. The minimum atomic E-state index is -0.0496. The Kier molecular flexibility index (Phi) is 5.51. The Hall–Kier alpha value is -3.44. The summed E-state index contributed by atoms with van der Waals surface area (Å²) >= 11 is 5.87. The van der Waals surface area contributed by atoms with Gasteiger partial charge in [0, 0.05) is 29.0 Å². The monoisotopic (exact) mass is 452 g/mol. The van der Waals surface area contributed by atoms with Gasteiger partial charge in [0.05, 0.1) is 17.8 Å². The van der Waals surface area contributed by atoms with Gasteiger partial charge in [-0.2, -0.15) is 0 Å². The van der Waals surface area contributed by atoms with Gasteiger partial charge in [0.2, 0.25) is 0 Å². The second kappa shape index (κ2) is 8.49. The summed E-state index contributed by atoms with van der Waals surface area (Å²) < 4.78 is 2.37. The van der Waals surface area contributed by atoms with E-state index in [-0.39, 0.29) is 12.1 Å². The van der Waals surface area contributed by atoms with E-state index in [2.05, 4.69) is 102 Å². The molecule has 3 heterocycles. The Morgan fingerprint density at radius 2 is 1.64 bits per heavy atom. The third-order valence-corrected chi connectivity index (χ3v) is 6.84. The van der Waals surface area contributed by atoms with Crippen LogP contribution in [0.4, 0.5) is 5.69 Å². The summed E-state index contributed by atoms with van der Waals surface area (Å²) in [5.41, 5.74) is 9.49. The van der Waals surface area contributed by atoms with Gasteiger partial charge in [-0.15, -0.1) is 0 Å². The predicted octanol–water partition coefficient (Wildman–Crippen LogP) is 6.28. The molecule has 0 spiro atoms. The smallest absolute Gasteiger partial charge is 0.174 e. The molecule has 0 aliphatic carbocycles. The molecule has 4 nitrogen and oxygen atoms in total. The fraction of sp³-hybridized carbons (Fsp3) is 0.214. The van der Waals surface area contributed by atoms with Crippen LogP contribution in [-0.4, -0.2) is 14.7 Å². The largest absolute Gasteiger partial charge is 0.351 e. The molecule has 5 rings (SSSR count). The van der Waals surface area contributed by atoms with Crippen molar-refractivity contribution in [2.24, 2.45) is 0 Å². The Bertz CT molecular complexity index is 1310. The number of rotatable bonds is 4. The maximum Gasteiger partial charge on any atom is 0.174 e. The number of hydrogen-bond acceptors (Lipinski definition) is 2. The average Bonchev–Trinajstić information content (AvgIpc) is 3.32. The van der Waals surface area contributed by atoms with E-state index in [9.17, 15) is 0 Å². The van der Waals surface area contributed by atoms with Crippen LogP contribution in [0.3, 0.4) is 0 Å². The first-order valence-corrected chi connectivity index (χ1v) is 11.7. The van der Waals surface area contributed by atoms with E-state index in [1.807, 2.05) is 24.4 Å². The number of para-hydroxylation sites is 1. The first kappa shape index (κ1) is 21.4. The standard InChI is InChI=1S/C28H28N4S/c1-18-13-14-19(2)25(16-18)31-20(3)17-23(21(31)4)27-26(24-12-8-9-15-29-24)30-28(33)32(27)22-10-6-5-7-11-22/h5-17,26-27H,1-4H3,(H,30,33)/t26-,27+/m1/s1. The van der Waals surface area contributed by atoms with Crippen molar-refractivity contribution in [3.63, 3.8) is 0 Å². The molecule has 2 aromatic carbocycles. The van der Waals surface area contributed by atoms with Gasteiger partial charge < -0.3 is 14.8 Å². The highest BCUT2D eigenvalue weighted by Crippen LogP contribution is 2.43. The van der Waals surface area contributed by atoms with Crippen LogP contribution >= 0.6 is 12.2 Å².